The number of rotatable bonds is 9. The number of methoxy groups -OCH3 is 1. The molecule has 0 bridgehead atoms. The molecule has 0 radical (unpaired) electrons. The molecule has 1 rings (SSSR count). The van der Waals surface area contributed by atoms with Crippen molar-refractivity contribution < 1.29 is 9.47 Å². The Kier molecular flexibility index (Phi) is 6.92. The molecule has 0 aromatic rings. The summed E-state index contributed by atoms with van der Waals surface area (Å²) in [5, 5.41) is 3.31. The zero-order valence-corrected chi connectivity index (χ0v) is 10.00. The SMILES string of the molecule is CCCN(CCOCCOC)C1CNC1. The van der Waals surface area contributed by atoms with E-state index in [0.29, 0.717) is 13.2 Å². The average molecular weight is 216 g/mol. The van der Waals surface area contributed by atoms with Crippen LogP contribution >= 0.6 is 0 Å². The molecular weight excluding hydrogens is 192 g/mol. The first-order chi connectivity index (χ1) is 7.38. The maximum atomic E-state index is 5.48. The lowest BCUT2D eigenvalue weighted by Gasteiger charge is -2.38. The van der Waals surface area contributed by atoms with Gasteiger partial charge in [-0.15, -0.1) is 0 Å². The third-order valence-electron chi connectivity index (χ3n) is 2.74. The minimum Gasteiger partial charge on any atom is -0.382 e. The molecular formula is C11H24N2O2. The summed E-state index contributed by atoms with van der Waals surface area (Å²) in [4.78, 5) is 2.52. The molecule has 0 aliphatic carbocycles. The predicted octanol–water partition coefficient (Wildman–Crippen LogP) is 0.333. The second-order valence-corrected chi connectivity index (χ2v) is 3.95. The molecule has 1 fully saturated rings. The van der Waals surface area contributed by atoms with Gasteiger partial charge in [0.1, 0.15) is 0 Å². The van der Waals surface area contributed by atoms with Crippen molar-refractivity contribution in [3.63, 3.8) is 0 Å². The minimum atomic E-state index is 0.693. The molecule has 1 aliphatic heterocycles. The molecule has 1 saturated heterocycles. The molecule has 1 heterocycles. The van der Waals surface area contributed by atoms with Gasteiger partial charge in [0, 0.05) is 32.8 Å². The fourth-order valence-corrected chi connectivity index (χ4v) is 1.72. The molecule has 1 N–H and O–H groups in total. The van der Waals surface area contributed by atoms with Gasteiger partial charge >= 0.3 is 0 Å². The van der Waals surface area contributed by atoms with Crippen molar-refractivity contribution in [1.29, 1.82) is 0 Å². The van der Waals surface area contributed by atoms with Crippen molar-refractivity contribution in [2.24, 2.45) is 0 Å². The number of hydrogen-bond acceptors (Lipinski definition) is 4. The van der Waals surface area contributed by atoms with E-state index in [9.17, 15) is 0 Å². The maximum absolute atomic E-state index is 5.48. The van der Waals surface area contributed by atoms with Gasteiger partial charge in [-0.25, -0.2) is 0 Å². The second-order valence-electron chi connectivity index (χ2n) is 3.95. The summed E-state index contributed by atoms with van der Waals surface area (Å²) in [6.07, 6.45) is 1.22. The highest BCUT2D eigenvalue weighted by Crippen LogP contribution is 2.05. The van der Waals surface area contributed by atoms with E-state index in [1.165, 1.54) is 13.0 Å². The van der Waals surface area contributed by atoms with Crippen LogP contribution in [-0.2, 0) is 9.47 Å². The fraction of sp³-hybridized carbons (Fsp3) is 1.00. The largest absolute Gasteiger partial charge is 0.382 e. The Morgan fingerprint density at radius 3 is 2.53 bits per heavy atom. The van der Waals surface area contributed by atoms with Gasteiger partial charge in [0.25, 0.3) is 0 Å². The van der Waals surface area contributed by atoms with Crippen LogP contribution in [0.2, 0.25) is 0 Å². The Morgan fingerprint density at radius 2 is 2.00 bits per heavy atom. The van der Waals surface area contributed by atoms with Crippen LogP contribution in [0.15, 0.2) is 0 Å². The number of nitrogens with zero attached hydrogens (tertiary/aromatic N) is 1. The Hall–Kier alpha value is -0.160. The average Bonchev–Trinajstić information content (AvgIpc) is 2.15. The van der Waals surface area contributed by atoms with Crippen molar-refractivity contribution in [2.75, 3.05) is 53.1 Å². The Bertz CT molecular complexity index is 152. The van der Waals surface area contributed by atoms with Crippen molar-refractivity contribution in [2.45, 2.75) is 19.4 Å². The fourth-order valence-electron chi connectivity index (χ4n) is 1.72. The zero-order valence-electron chi connectivity index (χ0n) is 10.00. The third-order valence-corrected chi connectivity index (χ3v) is 2.74. The lowest BCUT2D eigenvalue weighted by molar-refractivity contribution is 0.0428. The second kappa shape index (κ2) is 8.05. The van der Waals surface area contributed by atoms with Crippen LogP contribution in [0.1, 0.15) is 13.3 Å². The van der Waals surface area contributed by atoms with Gasteiger partial charge in [-0.05, 0) is 13.0 Å². The summed E-state index contributed by atoms with van der Waals surface area (Å²) in [7, 11) is 1.70. The van der Waals surface area contributed by atoms with Gasteiger partial charge in [0.05, 0.1) is 19.8 Å². The van der Waals surface area contributed by atoms with Crippen LogP contribution in [-0.4, -0.2) is 64.1 Å². The van der Waals surface area contributed by atoms with Crippen molar-refractivity contribution in [3.8, 4) is 0 Å². The van der Waals surface area contributed by atoms with Crippen LogP contribution in [0, 0.1) is 0 Å². The first kappa shape index (κ1) is 12.9. The van der Waals surface area contributed by atoms with E-state index in [0.717, 1.165) is 32.3 Å². The molecule has 4 heteroatoms. The molecule has 4 nitrogen and oxygen atoms in total. The molecule has 15 heavy (non-hydrogen) atoms. The van der Waals surface area contributed by atoms with E-state index in [-0.39, 0.29) is 0 Å². The van der Waals surface area contributed by atoms with E-state index < -0.39 is 0 Å². The summed E-state index contributed by atoms with van der Waals surface area (Å²) in [6.45, 7) is 8.95. The van der Waals surface area contributed by atoms with Gasteiger partial charge in [0.2, 0.25) is 0 Å². The number of hydrogen-bond donors (Lipinski definition) is 1. The van der Waals surface area contributed by atoms with E-state index >= 15 is 0 Å². The standard InChI is InChI=1S/C11H24N2O2/c1-3-4-13(11-9-12-10-11)5-6-15-8-7-14-2/h11-12H,3-10H2,1-2H3. The summed E-state index contributed by atoms with van der Waals surface area (Å²) >= 11 is 0. The van der Waals surface area contributed by atoms with E-state index in [2.05, 4.69) is 17.1 Å². The molecule has 90 valence electrons. The first-order valence-electron chi connectivity index (χ1n) is 5.90. The molecule has 0 saturated carbocycles. The lowest BCUT2D eigenvalue weighted by Crippen LogP contribution is -2.57. The minimum absolute atomic E-state index is 0.693. The molecule has 0 atom stereocenters. The molecule has 0 spiro atoms. The highest BCUT2D eigenvalue weighted by atomic mass is 16.5. The Balaban J connectivity index is 2.03. The van der Waals surface area contributed by atoms with Gasteiger partial charge < -0.3 is 14.8 Å². The van der Waals surface area contributed by atoms with Gasteiger partial charge in [-0.2, -0.15) is 0 Å². The van der Waals surface area contributed by atoms with Gasteiger partial charge in [-0.3, -0.25) is 4.90 Å². The quantitative estimate of drug-likeness (QED) is 0.563. The van der Waals surface area contributed by atoms with Gasteiger partial charge in [0.15, 0.2) is 0 Å². The van der Waals surface area contributed by atoms with Crippen LogP contribution in [0.25, 0.3) is 0 Å². The number of nitrogens with one attached hydrogen (secondary N) is 1. The van der Waals surface area contributed by atoms with Crippen LogP contribution < -0.4 is 5.32 Å². The monoisotopic (exact) mass is 216 g/mol. The van der Waals surface area contributed by atoms with Crippen molar-refractivity contribution in [1.82, 2.24) is 10.2 Å². The zero-order chi connectivity index (χ0) is 10.9. The van der Waals surface area contributed by atoms with Crippen molar-refractivity contribution in [3.05, 3.63) is 0 Å². The van der Waals surface area contributed by atoms with E-state index in [1.54, 1.807) is 7.11 Å². The predicted molar refractivity (Wildman–Crippen MR) is 61.2 cm³/mol. The third kappa shape index (κ3) is 4.93. The Labute approximate surface area is 92.9 Å². The molecule has 0 amide bonds. The summed E-state index contributed by atoms with van der Waals surface area (Å²) in [5.41, 5.74) is 0. The van der Waals surface area contributed by atoms with Crippen LogP contribution in [0.3, 0.4) is 0 Å². The normalized spacial score (nSPS) is 17.0. The summed E-state index contributed by atoms with van der Waals surface area (Å²) in [5.74, 6) is 0. The van der Waals surface area contributed by atoms with E-state index in [4.69, 9.17) is 9.47 Å². The first-order valence-corrected chi connectivity index (χ1v) is 5.90. The lowest BCUT2D eigenvalue weighted by atomic mass is 10.1. The van der Waals surface area contributed by atoms with E-state index in [1.807, 2.05) is 0 Å². The molecule has 0 unspecified atom stereocenters. The smallest absolute Gasteiger partial charge is 0.0700 e. The van der Waals surface area contributed by atoms with Crippen molar-refractivity contribution >= 4 is 0 Å². The van der Waals surface area contributed by atoms with Crippen LogP contribution in [0.5, 0.6) is 0 Å². The summed E-state index contributed by atoms with van der Waals surface area (Å²) in [6, 6.07) is 0.732. The molecule has 0 aromatic carbocycles. The maximum Gasteiger partial charge on any atom is 0.0700 e. The molecule has 0 aromatic heterocycles. The molecule has 1 aliphatic rings. The van der Waals surface area contributed by atoms with Gasteiger partial charge in [-0.1, -0.05) is 6.92 Å². The number of ether oxygens (including phenoxy) is 2. The Morgan fingerprint density at radius 1 is 1.20 bits per heavy atom. The van der Waals surface area contributed by atoms with Crippen LogP contribution in [0.4, 0.5) is 0 Å². The summed E-state index contributed by atoms with van der Waals surface area (Å²) < 4.78 is 10.4. The highest BCUT2D eigenvalue weighted by Gasteiger charge is 2.23. The highest BCUT2D eigenvalue weighted by molar-refractivity contribution is 4.84. The topological polar surface area (TPSA) is 33.7 Å².